The lowest BCUT2D eigenvalue weighted by molar-refractivity contribution is 0.928. The fraction of sp³-hybridized carbons (Fsp3) is 0.154. The van der Waals surface area contributed by atoms with Gasteiger partial charge in [-0.2, -0.15) is 0 Å². The van der Waals surface area contributed by atoms with Gasteiger partial charge in [0, 0.05) is 5.56 Å². The van der Waals surface area contributed by atoms with Crippen LogP contribution in [-0.2, 0) is 0 Å². The molecule has 0 aliphatic carbocycles. The van der Waals surface area contributed by atoms with E-state index in [4.69, 9.17) is 0 Å². The van der Waals surface area contributed by atoms with Crippen LogP contribution in [-0.4, -0.2) is 15.0 Å². The van der Waals surface area contributed by atoms with E-state index >= 15 is 0 Å². The van der Waals surface area contributed by atoms with E-state index in [-0.39, 0.29) is 0 Å². The first-order valence-electron chi connectivity index (χ1n) is 5.00. The molecule has 16 heavy (non-hydrogen) atoms. The quantitative estimate of drug-likeness (QED) is 0.683. The minimum absolute atomic E-state index is 0.746. The lowest BCUT2D eigenvalue weighted by atomic mass is 10.2. The number of nitrogens with zero attached hydrogens (tertiary/aromatic N) is 3. The van der Waals surface area contributed by atoms with Crippen molar-refractivity contribution in [3.05, 3.63) is 55.1 Å². The normalized spacial score (nSPS) is 9.12. The predicted molar refractivity (Wildman–Crippen MR) is 66.0 cm³/mol. The Hall–Kier alpha value is -2.03. The Balaban J connectivity index is 0.000000606. The van der Waals surface area contributed by atoms with Crippen LogP contribution in [0.1, 0.15) is 11.6 Å². The van der Waals surface area contributed by atoms with Crippen molar-refractivity contribution in [3.8, 4) is 11.4 Å². The Bertz CT molecular complexity index is 432. The highest BCUT2D eigenvalue weighted by molar-refractivity contribution is 5.54. The molecular weight excluding hydrogens is 198 g/mol. The summed E-state index contributed by atoms with van der Waals surface area (Å²) in [5.41, 5.74) is 1.03. The second-order valence-electron chi connectivity index (χ2n) is 3.12. The molecule has 0 saturated heterocycles. The fourth-order valence-electron chi connectivity index (χ4n) is 1.33. The number of hydrogen-bond acceptors (Lipinski definition) is 3. The highest BCUT2D eigenvalue weighted by atomic mass is 15.0. The smallest absolute Gasteiger partial charge is 0.163 e. The molecule has 0 radical (unpaired) electrons. The van der Waals surface area contributed by atoms with E-state index in [1.807, 2.05) is 44.2 Å². The van der Waals surface area contributed by atoms with Gasteiger partial charge in [0.05, 0.1) is 0 Å². The third kappa shape index (κ3) is 2.98. The van der Waals surface area contributed by atoms with Crippen molar-refractivity contribution in [3.63, 3.8) is 0 Å². The molecule has 0 amide bonds. The summed E-state index contributed by atoms with van der Waals surface area (Å²) in [6, 6.07) is 9.92. The standard InChI is InChI=1S/C11H11N3.C2H4/c1-8-12-9(2)14-11(13-8)10-6-4-3-5-7-10;1-2/h3-7H,1-2H3;1-2H2. The Morgan fingerprint density at radius 1 is 0.812 bits per heavy atom. The number of aryl methyl sites for hydroxylation is 2. The molecule has 1 aromatic carbocycles. The van der Waals surface area contributed by atoms with E-state index in [0.29, 0.717) is 0 Å². The van der Waals surface area contributed by atoms with Crippen molar-refractivity contribution >= 4 is 0 Å². The molecule has 1 heterocycles. The van der Waals surface area contributed by atoms with Gasteiger partial charge < -0.3 is 0 Å². The molecular formula is C13H15N3. The van der Waals surface area contributed by atoms with Gasteiger partial charge in [0.25, 0.3) is 0 Å². The molecule has 2 rings (SSSR count). The number of benzene rings is 1. The van der Waals surface area contributed by atoms with Gasteiger partial charge in [0.15, 0.2) is 5.82 Å². The molecule has 0 aliphatic heterocycles. The van der Waals surface area contributed by atoms with Crippen molar-refractivity contribution in [2.24, 2.45) is 0 Å². The number of aromatic nitrogens is 3. The molecule has 0 unspecified atom stereocenters. The van der Waals surface area contributed by atoms with Crippen molar-refractivity contribution in [1.29, 1.82) is 0 Å². The summed E-state index contributed by atoms with van der Waals surface area (Å²) >= 11 is 0. The molecule has 0 saturated carbocycles. The Kier molecular flexibility index (Phi) is 4.33. The molecule has 2 aromatic rings. The highest BCUT2D eigenvalue weighted by Gasteiger charge is 2.02. The Labute approximate surface area is 95.9 Å². The summed E-state index contributed by atoms with van der Waals surface area (Å²) in [4.78, 5) is 12.7. The van der Waals surface area contributed by atoms with Crippen LogP contribution in [0.25, 0.3) is 11.4 Å². The highest BCUT2D eigenvalue weighted by Crippen LogP contribution is 2.13. The fourth-order valence-corrected chi connectivity index (χ4v) is 1.33. The van der Waals surface area contributed by atoms with Gasteiger partial charge >= 0.3 is 0 Å². The second kappa shape index (κ2) is 5.75. The predicted octanol–water partition coefficient (Wildman–Crippen LogP) is 2.96. The van der Waals surface area contributed by atoms with Crippen LogP contribution in [0.2, 0.25) is 0 Å². The molecule has 0 fully saturated rings. The van der Waals surface area contributed by atoms with Gasteiger partial charge in [0.1, 0.15) is 11.6 Å². The van der Waals surface area contributed by atoms with Gasteiger partial charge in [-0.3, -0.25) is 0 Å². The lowest BCUT2D eigenvalue weighted by Gasteiger charge is -2.01. The van der Waals surface area contributed by atoms with E-state index in [1.165, 1.54) is 0 Å². The average Bonchev–Trinajstić information content (AvgIpc) is 2.32. The van der Waals surface area contributed by atoms with Gasteiger partial charge in [-0.1, -0.05) is 30.3 Å². The molecule has 82 valence electrons. The first-order valence-corrected chi connectivity index (χ1v) is 5.00. The summed E-state index contributed by atoms with van der Waals surface area (Å²) in [5, 5.41) is 0. The zero-order valence-corrected chi connectivity index (χ0v) is 9.64. The van der Waals surface area contributed by atoms with Crippen molar-refractivity contribution in [2.75, 3.05) is 0 Å². The summed E-state index contributed by atoms with van der Waals surface area (Å²) < 4.78 is 0. The van der Waals surface area contributed by atoms with Gasteiger partial charge in [-0.15, -0.1) is 13.2 Å². The van der Waals surface area contributed by atoms with Crippen molar-refractivity contribution in [2.45, 2.75) is 13.8 Å². The van der Waals surface area contributed by atoms with Crippen LogP contribution in [0.15, 0.2) is 43.5 Å². The summed E-state index contributed by atoms with van der Waals surface area (Å²) in [6.07, 6.45) is 0. The van der Waals surface area contributed by atoms with E-state index in [2.05, 4.69) is 28.1 Å². The largest absolute Gasteiger partial charge is 0.219 e. The summed E-state index contributed by atoms with van der Waals surface area (Å²) in [7, 11) is 0. The monoisotopic (exact) mass is 213 g/mol. The maximum Gasteiger partial charge on any atom is 0.163 e. The van der Waals surface area contributed by atoms with Crippen LogP contribution in [0.5, 0.6) is 0 Å². The zero-order chi connectivity index (χ0) is 12.0. The van der Waals surface area contributed by atoms with Crippen molar-refractivity contribution in [1.82, 2.24) is 15.0 Å². The van der Waals surface area contributed by atoms with Gasteiger partial charge in [-0.25, -0.2) is 15.0 Å². The average molecular weight is 213 g/mol. The molecule has 0 bridgehead atoms. The Morgan fingerprint density at radius 3 is 1.81 bits per heavy atom. The zero-order valence-electron chi connectivity index (χ0n) is 9.64. The van der Waals surface area contributed by atoms with Crippen LogP contribution in [0.4, 0.5) is 0 Å². The van der Waals surface area contributed by atoms with Gasteiger partial charge in [0.2, 0.25) is 0 Å². The molecule has 0 atom stereocenters. The van der Waals surface area contributed by atoms with E-state index in [0.717, 1.165) is 23.0 Å². The van der Waals surface area contributed by atoms with Crippen LogP contribution >= 0.6 is 0 Å². The Morgan fingerprint density at radius 2 is 1.31 bits per heavy atom. The van der Waals surface area contributed by atoms with E-state index in [9.17, 15) is 0 Å². The molecule has 1 aromatic heterocycles. The van der Waals surface area contributed by atoms with E-state index in [1.54, 1.807) is 0 Å². The topological polar surface area (TPSA) is 38.7 Å². The molecule has 0 aliphatic rings. The molecule has 3 heteroatoms. The molecule has 0 spiro atoms. The minimum Gasteiger partial charge on any atom is -0.219 e. The van der Waals surface area contributed by atoms with Gasteiger partial charge in [-0.05, 0) is 13.8 Å². The van der Waals surface area contributed by atoms with Crippen molar-refractivity contribution < 1.29 is 0 Å². The number of hydrogen-bond donors (Lipinski definition) is 0. The maximum atomic E-state index is 4.28. The molecule has 3 nitrogen and oxygen atoms in total. The first-order chi connectivity index (χ1) is 7.75. The SMILES string of the molecule is C=C.Cc1nc(C)nc(-c2ccccc2)n1. The minimum atomic E-state index is 0.746. The lowest BCUT2D eigenvalue weighted by Crippen LogP contribution is -1.98. The van der Waals surface area contributed by atoms with Crippen LogP contribution < -0.4 is 0 Å². The maximum absolute atomic E-state index is 4.28. The third-order valence-corrected chi connectivity index (χ3v) is 1.89. The molecule has 0 N–H and O–H groups in total. The van der Waals surface area contributed by atoms with Crippen LogP contribution in [0.3, 0.4) is 0 Å². The van der Waals surface area contributed by atoms with Crippen LogP contribution in [0, 0.1) is 13.8 Å². The summed E-state index contributed by atoms with van der Waals surface area (Å²) in [6.45, 7) is 9.75. The first kappa shape index (κ1) is 12.0. The third-order valence-electron chi connectivity index (χ3n) is 1.89. The number of rotatable bonds is 1. The second-order valence-corrected chi connectivity index (χ2v) is 3.12. The van der Waals surface area contributed by atoms with E-state index < -0.39 is 0 Å². The summed E-state index contributed by atoms with van der Waals surface area (Å²) in [5.74, 6) is 2.27.